The lowest BCUT2D eigenvalue weighted by Gasteiger charge is -2.03. The Balaban J connectivity index is 2.93. The normalized spacial score (nSPS) is 9.42. The Morgan fingerprint density at radius 2 is 2.08 bits per heavy atom. The maximum Gasteiger partial charge on any atom is 0.308 e. The van der Waals surface area contributed by atoms with Crippen molar-refractivity contribution in [2.75, 3.05) is 0 Å². The van der Waals surface area contributed by atoms with Crippen molar-refractivity contribution in [3.63, 3.8) is 0 Å². The number of hydrogen-bond acceptors (Lipinski definition) is 4. The number of aromatic hydroxyl groups is 2. The highest BCUT2D eigenvalue weighted by atomic mass is 16.5. The van der Waals surface area contributed by atoms with E-state index in [4.69, 9.17) is 10.2 Å². The third-order valence-electron chi connectivity index (χ3n) is 1.20. The smallest absolute Gasteiger partial charge is 0.308 e. The van der Waals surface area contributed by atoms with E-state index in [1.54, 1.807) is 0 Å². The van der Waals surface area contributed by atoms with E-state index in [-0.39, 0.29) is 17.2 Å². The van der Waals surface area contributed by atoms with E-state index in [9.17, 15) is 4.79 Å². The van der Waals surface area contributed by atoms with Gasteiger partial charge >= 0.3 is 5.97 Å². The molecule has 0 saturated heterocycles. The molecule has 12 heavy (non-hydrogen) atoms. The van der Waals surface area contributed by atoms with Gasteiger partial charge in [0.15, 0.2) is 11.5 Å². The number of phenols is 2. The predicted octanol–water partition coefficient (Wildman–Crippen LogP) is 1.02. The lowest BCUT2D eigenvalue weighted by molar-refractivity contribution is -0.132. The minimum Gasteiger partial charge on any atom is -0.508 e. The molecule has 0 aliphatic rings. The summed E-state index contributed by atoms with van der Waals surface area (Å²) in [6.45, 7) is 1.23. The lowest BCUT2D eigenvalue weighted by atomic mass is 10.3. The van der Waals surface area contributed by atoms with E-state index in [1.807, 2.05) is 0 Å². The molecule has 0 radical (unpaired) electrons. The van der Waals surface area contributed by atoms with Crippen LogP contribution in [0.3, 0.4) is 0 Å². The summed E-state index contributed by atoms with van der Waals surface area (Å²) in [4.78, 5) is 10.5. The zero-order valence-electron chi connectivity index (χ0n) is 6.44. The van der Waals surface area contributed by atoms with Crippen molar-refractivity contribution in [1.82, 2.24) is 0 Å². The summed E-state index contributed by atoms with van der Waals surface area (Å²) in [6.07, 6.45) is 0. The van der Waals surface area contributed by atoms with Crippen LogP contribution in [0.25, 0.3) is 0 Å². The third kappa shape index (κ3) is 1.88. The van der Waals surface area contributed by atoms with Gasteiger partial charge in [0.05, 0.1) is 0 Å². The number of esters is 1. The summed E-state index contributed by atoms with van der Waals surface area (Å²) < 4.78 is 4.60. The maximum absolute atomic E-state index is 10.5. The lowest BCUT2D eigenvalue weighted by Crippen LogP contribution is -2.01. The topological polar surface area (TPSA) is 66.8 Å². The van der Waals surface area contributed by atoms with Crippen LogP contribution in [0.5, 0.6) is 17.2 Å². The summed E-state index contributed by atoms with van der Waals surface area (Å²) >= 11 is 0. The molecule has 0 aliphatic carbocycles. The van der Waals surface area contributed by atoms with Crippen molar-refractivity contribution >= 4 is 5.97 Å². The molecule has 4 nitrogen and oxygen atoms in total. The van der Waals surface area contributed by atoms with Gasteiger partial charge in [0.1, 0.15) is 5.75 Å². The molecule has 0 bridgehead atoms. The van der Waals surface area contributed by atoms with Crippen LogP contribution in [0.2, 0.25) is 0 Å². The molecule has 4 heteroatoms. The van der Waals surface area contributed by atoms with Gasteiger partial charge in [-0.15, -0.1) is 0 Å². The molecule has 0 unspecified atom stereocenters. The van der Waals surface area contributed by atoms with Crippen molar-refractivity contribution in [2.45, 2.75) is 6.92 Å². The summed E-state index contributed by atoms with van der Waals surface area (Å²) in [7, 11) is 0. The Morgan fingerprint density at radius 3 is 2.58 bits per heavy atom. The molecule has 1 rings (SSSR count). The standard InChI is InChI=1S/C8H8O4/c1-5(9)12-8-3-2-6(10)4-7(8)11/h2-4,10-11H,1H3. The zero-order chi connectivity index (χ0) is 9.14. The fourth-order valence-electron chi connectivity index (χ4n) is 0.747. The van der Waals surface area contributed by atoms with E-state index in [1.165, 1.54) is 19.1 Å². The number of ether oxygens (including phenoxy) is 1. The van der Waals surface area contributed by atoms with Crippen LogP contribution in [0.4, 0.5) is 0 Å². The number of benzene rings is 1. The second kappa shape index (κ2) is 3.13. The van der Waals surface area contributed by atoms with E-state index in [0.29, 0.717) is 0 Å². The zero-order valence-corrected chi connectivity index (χ0v) is 6.44. The Hall–Kier alpha value is -1.71. The average molecular weight is 168 g/mol. The fourth-order valence-corrected chi connectivity index (χ4v) is 0.747. The third-order valence-corrected chi connectivity index (χ3v) is 1.20. The van der Waals surface area contributed by atoms with Crippen LogP contribution in [-0.2, 0) is 4.79 Å². The van der Waals surface area contributed by atoms with Crippen molar-refractivity contribution in [1.29, 1.82) is 0 Å². The van der Waals surface area contributed by atoms with Crippen LogP contribution < -0.4 is 4.74 Å². The number of phenolic OH excluding ortho intramolecular Hbond substituents is 2. The molecular weight excluding hydrogens is 160 g/mol. The number of carbonyl (C=O) groups excluding carboxylic acids is 1. The number of hydrogen-bond donors (Lipinski definition) is 2. The molecule has 0 heterocycles. The maximum atomic E-state index is 10.5. The van der Waals surface area contributed by atoms with Crippen molar-refractivity contribution < 1.29 is 19.7 Å². The Labute approximate surface area is 69.0 Å². The van der Waals surface area contributed by atoms with Crippen LogP contribution in [0.1, 0.15) is 6.92 Å². The number of rotatable bonds is 1. The van der Waals surface area contributed by atoms with E-state index in [2.05, 4.69) is 4.74 Å². The highest BCUT2D eigenvalue weighted by Gasteiger charge is 2.04. The van der Waals surface area contributed by atoms with Gasteiger partial charge in [0.25, 0.3) is 0 Å². The molecule has 2 N–H and O–H groups in total. The highest BCUT2D eigenvalue weighted by molar-refractivity contribution is 5.70. The molecule has 0 aromatic heterocycles. The van der Waals surface area contributed by atoms with E-state index in [0.717, 1.165) is 6.07 Å². The number of carbonyl (C=O) groups is 1. The molecule has 1 aromatic carbocycles. The van der Waals surface area contributed by atoms with Gasteiger partial charge < -0.3 is 14.9 Å². The summed E-state index contributed by atoms with van der Waals surface area (Å²) in [6, 6.07) is 3.72. The average Bonchev–Trinajstić information content (AvgIpc) is 1.94. The van der Waals surface area contributed by atoms with Crippen LogP contribution in [0.15, 0.2) is 18.2 Å². The van der Waals surface area contributed by atoms with Crippen molar-refractivity contribution in [3.8, 4) is 17.2 Å². The van der Waals surface area contributed by atoms with Gasteiger partial charge in [-0.3, -0.25) is 4.79 Å². The second-order valence-electron chi connectivity index (χ2n) is 2.25. The molecular formula is C8H8O4. The van der Waals surface area contributed by atoms with Crippen LogP contribution >= 0.6 is 0 Å². The van der Waals surface area contributed by atoms with Crippen LogP contribution in [-0.4, -0.2) is 16.2 Å². The van der Waals surface area contributed by atoms with Gasteiger partial charge in [-0.1, -0.05) is 0 Å². The van der Waals surface area contributed by atoms with E-state index >= 15 is 0 Å². The fraction of sp³-hybridized carbons (Fsp3) is 0.125. The highest BCUT2D eigenvalue weighted by Crippen LogP contribution is 2.29. The molecule has 1 aromatic rings. The molecule has 64 valence electrons. The van der Waals surface area contributed by atoms with Crippen molar-refractivity contribution in [3.05, 3.63) is 18.2 Å². The first kappa shape index (κ1) is 8.39. The van der Waals surface area contributed by atoms with Crippen molar-refractivity contribution in [2.24, 2.45) is 0 Å². The molecule has 0 aliphatic heterocycles. The van der Waals surface area contributed by atoms with Gasteiger partial charge in [-0.25, -0.2) is 0 Å². The first-order valence-electron chi connectivity index (χ1n) is 3.30. The molecule has 0 atom stereocenters. The minimum absolute atomic E-state index is 0.0419. The quantitative estimate of drug-likeness (QED) is 0.485. The van der Waals surface area contributed by atoms with E-state index < -0.39 is 5.97 Å². The largest absolute Gasteiger partial charge is 0.508 e. The second-order valence-corrected chi connectivity index (χ2v) is 2.25. The summed E-state index contributed by atoms with van der Waals surface area (Å²) in [5.41, 5.74) is 0. The first-order valence-corrected chi connectivity index (χ1v) is 3.30. The SMILES string of the molecule is CC(=O)Oc1ccc(O)cc1O. The molecule has 0 spiro atoms. The summed E-state index contributed by atoms with van der Waals surface area (Å²) in [5, 5.41) is 18.0. The minimum atomic E-state index is -0.518. The van der Waals surface area contributed by atoms with Gasteiger partial charge in [0, 0.05) is 13.0 Å². The van der Waals surface area contributed by atoms with Crippen LogP contribution in [0, 0.1) is 0 Å². The van der Waals surface area contributed by atoms with Gasteiger partial charge in [0.2, 0.25) is 0 Å². The van der Waals surface area contributed by atoms with Gasteiger partial charge in [-0.2, -0.15) is 0 Å². The monoisotopic (exact) mass is 168 g/mol. The molecule has 0 saturated carbocycles. The van der Waals surface area contributed by atoms with Gasteiger partial charge in [-0.05, 0) is 12.1 Å². The molecule has 0 amide bonds. The predicted molar refractivity (Wildman–Crippen MR) is 41.1 cm³/mol. The Bertz CT molecular complexity index is 306. The summed E-state index contributed by atoms with van der Waals surface area (Å²) in [5.74, 6) is -0.815. The molecule has 0 fully saturated rings. The Kier molecular flexibility index (Phi) is 2.19. The Morgan fingerprint density at radius 1 is 1.42 bits per heavy atom. The first-order chi connectivity index (χ1) is 5.59.